The van der Waals surface area contributed by atoms with Crippen LogP contribution in [0.1, 0.15) is 35.0 Å². The van der Waals surface area contributed by atoms with Gasteiger partial charge in [0.2, 0.25) is 0 Å². The van der Waals surface area contributed by atoms with Crippen LogP contribution in [0.2, 0.25) is 0 Å². The van der Waals surface area contributed by atoms with E-state index in [0.717, 1.165) is 63.4 Å². The van der Waals surface area contributed by atoms with Gasteiger partial charge >= 0.3 is 0 Å². The van der Waals surface area contributed by atoms with Crippen molar-refractivity contribution < 1.29 is 14.7 Å². The lowest BCUT2D eigenvalue weighted by Crippen LogP contribution is -2.59. The smallest absolute Gasteiger partial charge is 0.276 e. The molecule has 0 bridgehead atoms. The maximum Gasteiger partial charge on any atom is 0.276 e. The van der Waals surface area contributed by atoms with Crippen molar-refractivity contribution in [1.82, 2.24) is 20.7 Å². The fourth-order valence-electron chi connectivity index (χ4n) is 3.03. The average Bonchev–Trinajstić information content (AvgIpc) is 2.55. The number of rotatable bonds is 6. The molecule has 126 valence electrons. The molecule has 3 heterocycles. The number of nitrogens with one attached hydrogen (secondary N) is 2. The normalized spacial score (nSPS) is 19.7. The molecule has 7 heteroatoms. The van der Waals surface area contributed by atoms with E-state index in [9.17, 15) is 4.79 Å². The van der Waals surface area contributed by atoms with Crippen LogP contribution in [-0.4, -0.2) is 59.4 Å². The number of carbonyl (C=O) groups excluding carboxylic acids is 1. The largest absolute Gasteiger partial charge is 0.373 e. The number of aromatic nitrogens is 1. The van der Waals surface area contributed by atoms with Gasteiger partial charge in [0.05, 0.1) is 16.9 Å². The molecule has 0 atom stereocenters. The predicted octanol–water partition coefficient (Wildman–Crippen LogP) is 0.327. The van der Waals surface area contributed by atoms with Gasteiger partial charge in [-0.05, 0) is 31.4 Å². The molecule has 1 aromatic heterocycles. The van der Waals surface area contributed by atoms with Crippen LogP contribution in [0.5, 0.6) is 0 Å². The van der Waals surface area contributed by atoms with Crippen molar-refractivity contribution in [2.75, 3.05) is 32.8 Å². The summed E-state index contributed by atoms with van der Waals surface area (Å²) in [6.07, 6.45) is 3.40. The van der Waals surface area contributed by atoms with E-state index >= 15 is 0 Å². The summed E-state index contributed by atoms with van der Waals surface area (Å²) in [5.41, 5.74) is 4.18. The van der Waals surface area contributed by atoms with E-state index in [1.54, 1.807) is 5.48 Å². The summed E-state index contributed by atoms with van der Waals surface area (Å²) in [5, 5.41) is 11.9. The third kappa shape index (κ3) is 3.87. The molecule has 3 N–H and O–H groups in total. The van der Waals surface area contributed by atoms with Gasteiger partial charge in [-0.3, -0.25) is 19.9 Å². The molecule has 7 nitrogen and oxygen atoms in total. The van der Waals surface area contributed by atoms with Crippen molar-refractivity contribution >= 4 is 5.91 Å². The first-order valence-corrected chi connectivity index (χ1v) is 8.09. The van der Waals surface area contributed by atoms with Crippen molar-refractivity contribution in [3.63, 3.8) is 0 Å². The van der Waals surface area contributed by atoms with E-state index in [1.165, 1.54) is 6.20 Å². The molecule has 0 aromatic carbocycles. The third-order valence-electron chi connectivity index (χ3n) is 4.56. The number of fused-ring (bicyclic) bond motifs is 1. The Kier molecular flexibility index (Phi) is 4.91. The highest BCUT2D eigenvalue weighted by Gasteiger charge is 2.32. The Balaban J connectivity index is 1.47. The lowest BCUT2D eigenvalue weighted by molar-refractivity contribution is -0.0689. The average molecular weight is 320 g/mol. The van der Waals surface area contributed by atoms with Gasteiger partial charge in [0.25, 0.3) is 5.91 Å². The second-order valence-corrected chi connectivity index (χ2v) is 6.55. The first-order chi connectivity index (χ1) is 11.1. The number of hydrogen-bond donors (Lipinski definition) is 3. The fraction of sp³-hybridized carbons (Fsp3) is 0.625. The van der Waals surface area contributed by atoms with Crippen LogP contribution < -0.4 is 10.8 Å². The Morgan fingerprint density at radius 3 is 3.09 bits per heavy atom. The van der Waals surface area contributed by atoms with E-state index in [0.29, 0.717) is 5.56 Å². The van der Waals surface area contributed by atoms with E-state index < -0.39 is 5.91 Å². The van der Waals surface area contributed by atoms with Crippen molar-refractivity contribution in [2.24, 2.45) is 0 Å². The molecule has 3 rings (SSSR count). The molecule has 2 aliphatic heterocycles. The molecule has 1 fully saturated rings. The van der Waals surface area contributed by atoms with Gasteiger partial charge in [-0.1, -0.05) is 0 Å². The zero-order valence-electron chi connectivity index (χ0n) is 13.5. The molecule has 0 unspecified atom stereocenters. The SMILES string of the molecule is CC1(OCCCN2CCc3cc(C(=O)NO)cnc3C2)CNC1. The van der Waals surface area contributed by atoms with Gasteiger partial charge in [0, 0.05) is 45.5 Å². The van der Waals surface area contributed by atoms with Crippen molar-refractivity contribution in [2.45, 2.75) is 31.9 Å². The van der Waals surface area contributed by atoms with Crippen LogP contribution in [-0.2, 0) is 17.7 Å². The van der Waals surface area contributed by atoms with Crippen LogP contribution in [0.4, 0.5) is 0 Å². The second-order valence-electron chi connectivity index (χ2n) is 6.55. The topological polar surface area (TPSA) is 86.7 Å². The van der Waals surface area contributed by atoms with Crippen LogP contribution in [0.25, 0.3) is 0 Å². The molecule has 0 aliphatic carbocycles. The van der Waals surface area contributed by atoms with Crippen LogP contribution in [0, 0.1) is 0 Å². The van der Waals surface area contributed by atoms with Crippen LogP contribution >= 0.6 is 0 Å². The summed E-state index contributed by atoms with van der Waals surface area (Å²) in [4.78, 5) is 18.2. The standard InChI is InChI=1S/C16H24N4O3/c1-16(10-17-11-16)23-6-2-4-20-5-3-12-7-13(15(21)19-22)8-18-14(12)9-20/h7-8,17,22H,2-6,9-11H2,1H3,(H,19,21). The molecule has 0 radical (unpaired) electrons. The van der Waals surface area contributed by atoms with Gasteiger partial charge in [0.1, 0.15) is 0 Å². The van der Waals surface area contributed by atoms with Crippen molar-refractivity contribution in [1.29, 1.82) is 0 Å². The summed E-state index contributed by atoms with van der Waals surface area (Å²) in [6, 6.07) is 1.82. The third-order valence-corrected chi connectivity index (χ3v) is 4.56. The van der Waals surface area contributed by atoms with Crippen molar-refractivity contribution in [3.8, 4) is 0 Å². The highest BCUT2D eigenvalue weighted by molar-refractivity contribution is 5.93. The first kappa shape index (κ1) is 16.3. The fourth-order valence-corrected chi connectivity index (χ4v) is 3.03. The Hall–Kier alpha value is -1.54. The lowest BCUT2D eigenvalue weighted by atomic mass is 10.0. The second kappa shape index (κ2) is 6.92. The van der Waals surface area contributed by atoms with E-state index in [1.807, 2.05) is 6.07 Å². The zero-order chi connectivity index (χ0) is 16.3. The molecule has 1 amide bonds. The number of nitrogens with zero attached hydrogens (tertiary/aromatic N) is 2. The molecular weight excluding hydrogens is 296 g/mol. The highest BCUT2D eigenvalue weighted by atomic mass is 16.5. The predicted molar refractivity (Wildman–Crippen MR) is 84.3 cm³/mol. The van der Waals surface area contributed by atoms with Crippen molar-refractivity contribution in [3.05, 3.63) is 29.1 Å². The van der Waals surface area contributed by atoms with Crippen LogP contribution in [0.15, 0.2) is 12.3 Å². The highest BCUT2D eigenvalue weighted by Crippen LogP contribution is 2.19. The Morgan fingerprint density at radius 2 is 2.39 bits per heavy atom. The molecule has 1 aromatic rings. The Labute approximate surface area is 136 Å². The number of ether oxygens (including phenoxy) is 1. The lowest BCUT2D eigenvalue weighted by Gasteiger charge is -2.39. The minimum Gasteiger partial charge on any atom is -0.373 e. The van der Waals surface area contributed by atoms with Gasteiger partial charge < -0.3 is 10.1 Å². The van der Waals surface area contributed by atoms with Gasteiger partial charge in [-0.2, -0.15) is 0 Å². The van der Waals surface area contributed by atoms with Gasteiger partial charge in [-0.25, -0.2) is 5.48 Å². The number of carbonyl (C=O) groups is 1. The summed E-state index contributed by atoms with van der Waals surface area (Å²) < 4.78 is 5.91. The summed E-state index contributed by atoms with van der Waals surface area (Å²) >= 11 is 0. The van der Waals surface area contributed by atoms with Crippen LogP contribution in [0.3, 0.4) is 0 Å². The number of hydroxylamine groups is 1. The minimum atomic E-state index is -0.515. The Morgan fingerprint density at radius 1 is 1.57 bits per heavy atom. The summed E-state index contributed by atoms with van der Waals surface area (Å²) in [7, 11) is 0. The van der Waals surface area contributed by atoms with E-state index in [4.69, 9.17) is 9.94 Å². The molecule has 0 saturated carbocycles. The van der Waals surface area contributed by atoms with Gasteiger partial charge in [0.15, 0.2) is 0 Å². The molecule has 0 spiro atoms. The number of pyridine rings is 1. The summed E-state index contributed by atoms with van der Waals surface area (Å²) in [5.74, 6) is -0.515. The molecular formula is C16H24N4O3. The Bertz CT molecular complexity index is 574. The van der Waals surface area contributed by atoms with E-state index in [-0.39, 0.29) is 5.60 Å². The quantitative estimate of drug-likeness (QED) is 0.398. The minimum absolute atomic E-state index is 0.0275. The van der Waals surface area contributed by atoms with Gasteiger partial charge in [-0.15, -0.1) is 0 Å². The number of hydrogen-bond acceptors (Lipinski definition) is 6. The number of amides is 1. The molecule has 23 heavy (non-hydrogen) atoms. The first-order valence-electron chi connectivity index (χ1n) is 8.09. The maximum absolute atomic E-state index is 11.4. The summed E-state index contributed by atoms with van der Waals surface area (Å²) in [6.45, 7) is 7.56. The molecule has 1 saturated heterocycles. The zero-order valence-corrected chi connectivity index (χ0v) is 13.5. The molecule has 2 aliphatic rings. The monoisotopic (exact) mass is 320 g/mol. The van der Waals surface area contributed by atoms with E-state index in [2.05, 4.69) is 22.1 Å². The maximum atomic E-state index is 11.4.